The quantitative estimate of drug-likeness (QED) is 0.217. The molecule has 5 aromatic rings. The summed E-state index contributed by atoms with van der Waals surface area (Å²) >= 11 is 25.6. The van der Waals surface area contributed by atoms with Gasteiger partial charge in [-0.05, 0) is 72.9 Å². The minimum Gasteiger partial charge on any atom is -0.451 e. The van der Waals surface area contributed by atoms with Crippen molar-refractivity contribution >= 4 is 85.3 Å². The predicted octanol–water partition coefficient (Wildman–Crippen LogP) is 8.31. The summed E-state index contributed by atoms with van der Waals surface area (Å²) in [6.45, 7) is 0. The van der Waals surface area contributed by atoms with Crippen molar-refractivity contribution in [1.29, 1.82) is 0 Å². The molecule has 2 aromatic heterocycles. The first-order chi connectivity index (χ1) is 16.9. The number of furan rings is 1. The van der Waals surface area contributed by atoms with Gasteiger partial charge in [0.1, 0.15) is 10.8 Å². The number of hydrogen-bond donors (Lipinski definition) is 2. The standard InChI is InChI=1S/C25H14Cl3N3O2S2/c26-14-7-5-13(6-8-14)19-9-10-20(33-19)23(32)31-25(34)30-22-16(11-15(27)12-17(22)28)24-29-18-3-1-2-4-21(18)35-24/h1-12H,(H2,30,31,32,34). The lowest BCUT2D eigenvalue weighted by atomic mass is 10.2. The van der Waals surface area contributed by atoms with Gasteiger partial charge >= 0.3 is 0 Å². The van der Waals surface area contributed by atoms with Gasteiger partial charge in [-0.3, -0.25) is 10.1 Å². The smallest absolute Gasteiger partial charge is 0.293 e. The number of para-hydroxylation sites is 1. The Hall–Kier alpha value is -2.94. The number of rotatable bonds is 4. The fourth-order valence-corrected chi connectivity index (χ4v) is 5.24. The van der Waals surface area contributed by atoms with E-state index in [-0.39, 0.29) is 10.9 Å². The Balaban J connectivity index is 1.36. The predicted molar refractivity (Wildman–Crippen MR) is 148 cm³/mol. The molecule has 1 amide bonds. The summed E-state index contributed by atoms with van der Waals surface area (Å²) in [7, 11) is 0. The van der Waals surface area contributed by atoms with Crippen molar-refractivity contribution in [2.75, 3.05) is 5.32 Å². The minimum absolute atomic E-state index is 0.0472. The van der Waals surface area contributed by atoms with E-state index in [1.807, 2.05) is 24.3 Å². The molecule has 0 aliphatic heterocycles. The van der Waals surface area contributed by atoms with Crippen molar-refractivity contribution in [3.63, 3.8) is 0 Å². The number of benzene rings is 3. The van der Waals surface area contributed by atoms with E-state index < -0.39 is 5.91 Å². The third kappa shape index (κ3) is 5.19. The normalized spacial score (nSPS) is 10.9. The van der Waals surface area contributed by atoms with Crippen molar-refractivity contribution in [2.24, 2.45) is 0 Å². The Labute approximate surface area is 224 Å². The Kier molecular flexibility index (Phi) is 6.77. The van der Waals surface area contributed by atoms with Crippen LogP contribution in [0.5, 0.6) is 0 Å². The van der Waals surface area contributed by atoms with Gasteiger partial charge in [-0.15, -0.1) is 11.3 Å². The molecule has 5 nitrogen and oxygen atoms in total. The van der Waals surface area contributed by atoms with Crippen LogP contribution in [0, 0.1) is 0 Å². The van der Waals surface area contributed by atoms with E-state index in [1.54, 1.807) is 48.5 Å². The molecule has 174 valence electrons. The summed E-state index contributed by atoms with van der Waals surface area (Å²) in [5.74, 6) is 0.131. The van der Waals surface area contributed by atoms with Crippen LogP contribution in [0.4, 0.5) is 5.69 Å². The molecule has 0 aliphatic rings. The number of nitrogens with zero attached hydrogens (tertiary/aromatic N) is 1. The summed E-state index contributed by atoms with van der Waals surface area (Å²) in [6, 6.07) is 21.5. The SMILES string of the molecule is O=C(NC(=S)Nc1c(Cl)cc(Cl)cc1-c1nc2ccccc2s1)c1ccc(-c2ccc(Cl)cc2)o1. The number of thiocarbonyl (C=S) groups is 1. The first-order valence-electron chi connectivity index (χ1n) is 10.2. The lowest BCUT2D eigenvalue weighted by Crippen LogP contribution is -2.34. The first kappa shape index (κ1) is 23.8. The van der Waals surface area contributed by atoms with Crippen LogP contribution < -0.4 is 10.6 Å². The average Bonchev–Trinajstić information content (AvgIpc) is 3.49. The number of aromatic nitrogens is 1. The molecule has 2 N–H and O–H groups in total. The maximum Gasteiger partial charge on any atom is 0.293 e. The van der Waals surface area contributed by atoms with Gasteiger partial charge < -0.3 is 9.73 Å². The number of nitrogens with one attached hydrogen (secondary N) is 2. The Bertz CT molecular complexity index is 1550. The van der Waals surface area contributed by atoms with Crippen LogP contribution in [0.2, 0.25) is 15.1 Å². The van der Waals surface area contributed by atoms with Crippen LogP contribution in [0.15, 0.2) is 77.2 Å². The van der Waals surface area contributed by atoms with Gasteiger partial charge in [0, 0.05) is 21.2 Å². The van der Waals surface area contributed by atoms with E-state index in [2.05, 4.69) is 15.6 Å². The lowest BCUT2D eigenvalue weighted by molar-refractivity contribution is 0.0951. The number of anilines is 1. The van der Waals surface area contributed by atoms with Gasteiger partial charge in [-0.2, -0.15) is 0 Å². The molecule has 3 aromatic carbocycles. The summed E-state index contributed by atoms with van der Waals surface area (Å²) in [4.78, 5) is 17.4. The number of amides is 1. The lowest BCUT2D eigenvalue weighted by Gasteiger charge is -2.14. The fraction of sp³-hybridized carbons (Fsp3) is 0. The number of halogens is 3. The van der Waals surface area contributed by atoms with Crippen molar-refractivity contribution in [3.8, 4) is 21.9 Å². The fourth-order valence-electron chi connectivity index (χ4n) is 3.40. The highest BCUT2D eigenvalue weighted by atomic mass is 35.5. The molecule has 0 radical (unpaired) electrons. The largest absolute Gasteiger partial charge is 0.451 e. The highest BCUT2D eigenvalue weighted by Gasteiger charge is 2.18. The van der Waals surface area contributed by atoms with Crippen LogP contribution in [0.25, 0.3) is 32.1 Å². The molecule has 0 bridgehead atoms. The van der Waals surface area contributed by atoms with E-state index in [1.165, 1.54) is 11.3 Å². The van der Waals surface area contributed by atoms with E-state index in [4.69, 9.17) is 51.4 Å². The summed E-state index contributed by atoms with van der Waals surface area (Å²) in [5.41, 5.74) is 2.81. The van der Waals surface area contributed by atoms with Gasteiger partial charge in [0.15, 0.2) is 10.9 Å². The summed E-state index contributed by atoms with van der Waals surface area (Å²) in [6.07, 6.45) is 0. The van der Waals surface area contributed by atoms with E-state index in [0.717, 1.165) is 15.8 Å². The molecule has 0 saturated heterocycles. The molecule has 2 heterocycles. The maximum absolute atomic E-state index is 12.7. The molecule has 10 heteroatoms. The average molecular weight is 559 g/mol. The zero-order valence-electron chi connectivity index (χ0n) is 17.6. The molecule has 0 spiro atoms. The van der Waals surface area contributed by atoms with Gasteiger partial charge in [0.2, 0.25) is 0 Å². The van der Waals surface area contributed by atoms with Crippen LogP contribution in [0.3, 0.4) is 0 Å². The molecular weight excluding hydrogens is 545 g/mol. The molecule has 35 heavy (non-hydrogen) atoms. The van der Waals surface area contributed by atoms with Gasteiger partial charge in [0.25, 0.3) is 5.91 Å². The summed E-state index contributed by atoms with van der Waals surface area (Å²) < 4.78 is 6.72. The van der Waals surface area contributed by atoms with Crippen molar-refractivity contribution in [3.05, 3.63) is 93.6 Å². The Morgan fingerprint density at radius 2 is 1.71 bits per heavy atom. The van der Waals surface area contributed by atoms with Crippen LogP contribution in [-0.4, -0.2) is 16.0 Å². The molecule has 0 atom stereocenters. The van der Waals surface area contributed by atoms with Crippen LogP contribution in [-0.2, 0) is 0 Å². The Morgan fingerprint density at radius 3 is 2.49 bits per heavy atom. The van der Waals surface area contributed by atoms with Crippen LogP contribution >= 0.6 is 58.4 Å². The number of thiazole rings is 1. The topological polar surface area (TPSA) is 67.2 Å². The monoisotopic (exact) mass is 557 g/mol. The van der Waals surface area contributed by atoms with E-state index >= 15 is 0 Å². The van der Waals surface area contributed by atoms with Crippen LogP contribution in [0.1, 0.15) is 10.6 Å². The van der Waals surface area contributed by atoms with Gasteiger partial charge in [0.05, 0.1) is 20.9 Å². The number of fused-ring (bicyclic) bond motifs is 1. The molecule has 0 saturated carbocycles. The second-order valence-electron chi connectivity index (χ2n) is 7.38. The van der Waals surface area contributed by atoms with Crippen molar-refractivity contribution in [2.45, 2.75) is 0 Å². The maximum atomic E-state index is 12.7. The second kappa shape index (κ2) is 9.97. The first-order valence-corrected chi connectivity index (χ1v) is 12.6. The Morgan fingerprint density at radius 1 is 0.943 bits per heavy atom. The minimum atomic E-state index is -0.505. The number of carbonyl (C=O) groups excluding carboxylic acids is 1. The number of hydrogen-bond acceptors (Lipinski definition) is 5. The van der Waals surface area contributed by atoms with E-state index in [0.29, 0.717) is 37.1 Å². The molecule has 5 rings (SSSR count). The third-order valence-electron chi connectivity index (χ3n) is 5.00. The summed E-state index contributed by atoms with van der Waals surface area (Å²) in [5, 5.41) is 7.80. The van der Waals surface area contributed by atoms with Crippen molar-refractivity contribution < 1.29 is 9.21 Å². The van der Waals surface area contributed by atoms with Gasteiger partial charge in [-0.25, -0.2) is 4.98 Å². The van der Waals surface area contributed by atoms with E-state index in [9.17, 15) is 4.79 Å². The third-order valence-corrected chi connectivity index (χ3v) is 7.05. The molecular formula is C25H14Cl3N3O2S2. The molecule has 0 unspecified atom stereocenters. The number of carbonyl (C=O) groups is 1. The second-order valence-corrected chi connectivity index (χ2v) is 10.1. The molecule has 0 aliphatic carbocycles. The zero-order chi connectivity index (χ0) is 24.5. The van der Waals surface area contributed by atoms with Gasteiger partial charge in [-0.1, -0.05) is 46.9 Å². The zero-order valence-corrected chi connectivity index (χ0v) is 21.5. The highest BCUT2D eigenvalue weighted by Crippen LogP contribution is 2.40. The highest BCUT2D eigenvalue weighted by molar-refractivity contribution is 7.80. The van der Waals surface area contributed by atoms with Crippen molar-refractivity contribution in [1.82, 2.24) is 10.3 Å². The molecule has 0 fully saturated rings.